The first-order chi connectivity index (χ1) is 7.82. The number of hydrogen-bond acceptors (Lipinski definition) is 2. The van der Waals surface area contributed by atoms with Crippen LogP contribution in [0.5, 0.6) is 0 Å². The van der Waals surface area contributed by atoms with Crippen molar-refractivity contribution in [2.75, 3.05) is 18.4 Å². The summed E-state index contributed by atoms with van der Waals surface area (Å²) in [5, 5.41) is 6.21. The van der Waals surface area contributed by atoms with Gasteiger partial charge < -0.3 is 10.6 Å². The summed E-state index contributed by atoms with van der Waals surface area (Å²) in [5.41, 5.74) is 2.83. The molecule has 1 unspecified atom stereocenters. The zero-order valence-corrected chi connectivity index (χ0v) is 9.62. The van der Waals surface area contributed by atoms with Crippen LogP contribution in [0, 0.1) is 0 Å². The quantitative estimate of drug-likeness (QED) is 0.585. The van der Waals surface area contributed by atoms with Crippen LogP contribution in [-0.4, -0.2) is 19.5 Å². The molecular weight excluding hydrogens is 200 g/mol. The molecule has 1 aromatic carbocycles. The summed E-state index contributed by atoms with van der Waals surface area (Å²) in [6.07, 6.45) is 2.86. The van der Waals surface area contributed by atoms with Gasteiger partial charge in [0.05, 0.1) is 0 Å². The summed E-state index contributed by atoms with van der Waals surface area (Å²) < 4.78 is 0. The summed E-state index contributed by atoms with van der Waals surface area (Å²) in [5.74, 6) is 0. The Bertz CT molecular complexity index is 378. The molecular formula is C13H18N2O. The van der Waals surface area contributed by atoms with Crippen LogP contribution in [0.2, 0.25) is 0 Å². The molecule has 0 saturated heterocycles. The fourth-order valence-electron chi connectivity index (χ4n) is 2.55. The van der Waals surface area contributed by atoms with Crippen LogP contribution >= 0.6 is 0 Å². The van der Waals surface area contributed by atoms with Crippen molar-refractivity contribution in [2.45, 2.75) is 25.2 Å². The molecule has 86 valence electrons. The fraction of sp³-hybridized carbons (Fsp3) is 0.462. The molecule has 0 radical (unpaired) electrons. The molecule has 2 N–H and O–H groups in total. The zero-order chi connectivity index (χ0) is 11.4. The number of amides is 1. The maximum atomic E-state index is 10.3. The predicted octanol–water partition coefficient (Wildman–Crippen LogP) is 1.90. The Labute approximate surface area is 96.2 Å². The Morgan fingerprint density at radius 3 is 3.06 bits per heavy atom. The van der Waals surface area contributed by atoms with Gasteiger partial charge in [-0.1, -0.05) is 25.1 Å². The highest BCUT2D eigenvalue weighted by Crippen LogP contribution is 2.41. The molecule has 0 fully saturated rings. The van der Waals surface area contributed by atoms with E-state index in [2.05, 4.69) is 41.8 Å². The number of rotatable bonds is 5. The van der Waals surface area contributed by atoms with E-state index >= 15 is 0 Å². The van der Waals surface area contributed by atoms with E-state index in [-0.39, 0.29) is 5.41 Å². The largest absolute Gasteiger partial charge is 0.384 e. The van der Waals surface area contributed by atoms with E-state index in [4.69, 9.17) is 0 Å². The molecule has 0 aromatic heterocycles. The highest BCUT2D eigenvalue weighted by molar-refractivity contribution is 5.60. The van der Waals surface area contributed by atoms with E-state index in [0.29, 0.717) is 0 Å². The molecule has 0 spiro atoms. The van der Waals surface area contributed by atoms with Gasteiger partial charge in [0.15, 0.2) is 0 Å². The Hall–Kier alpha value is -1.51. The molecule has 0 bridgehead atoms. The van der Waals surface area contributed by atoms with Crippen LogP contribution in [0.4, 0.5) is 5.69 Å². The lowest BCUT2D eigenvalue weighted by Gasteiger charge is -2.27. The molecule has 1 aromatic rings. The maximum absolute atomic E-state index is 10.3. The highest BCUT2D eigenvalue weighted by Gasteiger charge is 2.36. The summed E-state index contributed by atoms with van der Waals surface area (Å²) in [4.78, 5) is 10.3. The van der Waals surface area contributed by atoms with Gasteiger partial charge in [-0.25, -0.2) is 0 Å². The van der Waals surface area contributed by atoms with Gasteiger partial charge in [0, 0.05) is 24.2 Å². The molecule has 1 heterocycles. The van der Waals surface area contributed by atoms with E-state index in [9.17, 15) is 4.79 Å². The predicted molar refractivity (Wildman–Crippen MR) is 65.6 cm³/mol. The van der Waals surface area contributed by atoms with Crippen LogP contribution in [0.1, 0.15) is 25.3 Å². The van der Waals surface area contributed by atoms with E-state index in [1.54, 1.807) is 0 Å². The minimum Gasteiger partial charge on any atom is -0.384 e. The van der Waals surface area contributed by atoms with Gasteiger partial charge in [-0.2, -0.15) is 0 Å². The van der Waals surface area contributed by atoms with Crippen LogP contribution in [0.15, 0.2) is 24.3 Å². The second-order valence-corrected chi connectivity index (χ2v) is 4.35. The second kappa shape index (κ2) is 4.56. The Balaban J connectivity index is 2.20. The van der Waals surface area contributed by atoms with Crippen molar-refractivity contribution in [3.63, 3.8) is 0 Å². The first kappa shape index (κ1) is 11.0. The van der Waals surface area contributed by atoms with E-state index in [1.165, 1.54) is 11.3 Å². The van der Waals surface area contributed by atoms with Gasteiger partial charge in [-0.05, 0) is 24.5 Å². The number of fused-ring (bicyclic) bond motifs is 1. The number of anilines is 1. The van der Waals surface area contributed by atoms with Crippen molar-refractivity contribution in [1.82, 2.24) is 5.32 Å². The van der Waals surface area contributed by atoms with Crippen molar-refractivity contribution in [3.8, 4) is 0 Å². The molecule has 1 amide bonds. The molecule has 16 heavy (non-hydrogen) atoms. The van der Waals surface area contributed by atoms with Gasteiger partial charge in [-0.3, -0.25) is 4.79 Å². The summed E-state index contributed by atoms with van der Waals surface area (Å²) in [6.45, 7) is 3.93. The average Bonchev–Trinajstić information content (AvgIpc) is 2.70. The minimum atomic E-state index is 0.187. The molecule has 1 aliphatic heterocycles. The lowest BCUT2D eigenvalue weighted by molar-refractivity contribution is -0.109. The number of hydrogen-bond donors (Lipinski definition) is 2. The van der Waals surface area contributed by atoms with Gasteiger partial charge in [0.25, 0.3) is 0 Å². The van der Waals surface area contributed by atoms with Gasteiger partial charge in [0.2, 0.25) is 6.41 Å². The third-order valence-corrected chi connectivity index (χ3v) is 3.62. The minimum absolute atomic E-state index is 0.187. The van der Waals surface area contributed by atoms with Crippen molar-refractivity contribution in [1.29, 1.82) is 0 Å². The fourth-order valence-corrected chi connectivity index (χ4v) is 2.55. The Morgan fingerprint density at radius 2 is 2.31 bits per heavy atom. The maximum Gasteiger partial charge on any atom is 0.207 e. The van der Waals surface area contributed by atoms with Crippen LogP contribution < -0.4 is 10.6 Å². The van der Waals surface area contributed by atoms with E-state index < -0.39 is 0 Å². The lowest BCUT2D eigenvalue weighted by Crippen LogP contribution is -2.32. The number of carbonyl (C=O) groups excluding carboxylic acids is 1. The molecule has 3 nitrogen and oxygen atoms in total. The van der Waals surface area contributed by atoms with Crippen LogP contribution in [-0.2, 0) is 10.2 Å². The molecule has 0 aliphatic carbocycles. The van der Waals surface area contributed by atoms with Gasteiger partial charge in [-0.15, -0.1) is 0 Å². The van der Waals surface area contributed by atoms with Crippen molar-refractivity contribution in [3.05, 3.63) is 29.8 Å². The topological polar surface area (TPSA) is 41.1 Å². The van der Waals surface area contributed by atoms with Gasteiger partial charge in [0.1, 0.15) is 0 Å². The zero-order valence-electron chi connectivity index (χ0n) is 9.62. The first-order valence-corrected chi connectivity index (χ1v) is 5.83. The van der Waals surface area contributed by atoms with Crippen molar-refractivity contribution in [2.24, 2.45) is 0 Å². The summed E-state index contributed by atoms with van der Waals surface area (Å²) in [7, 11) is 0. The molecule has 3 heteroatoms. The number of benzene rings is 1. The normalized spacial score (nSPS) is 22.3. The standard InChI is InChI=1S/C13H18N2O/c1-2-13(7-8-14-10-16)9-15-12-6-4-3-5-11(12)13/h3-6,10,15H,2,7-9H2,1H3,(H,14,16). The molecule has 2 rings (SSSR count). The van der Waals surface area contributed by atoms with Crippen LogP contribution in [0.25, 0.3) is 0 Å². The number of para-hydroxylation sites is 1. The van der Waals surface area contributed by atoms with Gasteiger partial charge >= 0.3 is 0 Å². The number of carbonyl (C=O) groups is 1. The van der Waals surface area contributed by atoms with Crippen LogP contribution in [0.3, 0.4) is 0 Å². The SMILES string of the molecule is CCC1(CCNC=O)CNc2ccccc21. The van der Waals surface area contributed by atoms with Crippen molar-refractivity contribution < 1.29 is 4.79 Å². The lowest BCUT2D eigenvalue weighted by atomic mass is 9.77. The average molecular weight is 218 g/mol. The monoisotopic (exact) mass is 218 g/mol. The first-order valence-electron chi connectivity index (χ1n) is 5.83. The third-order valence-electron chi connectivity index (χ3n) is 3.62. The second-order valence-electron chi connectivity index (χ2n) is 4.35. The smallest absolute Gasteiger partial charge is 0.207 e. The summed E-state index contributed by atoms with van der Waals surface area (Å²) in [6, 6.07) is 8.46. The third kappa shape index (κ3) is 1.77. The molecule has 0 saturated carbocycles. The Kier molecular flexibility index (Phi) is 3.13. The molecule has 1 atom stereocenters. The highest BCUT2D eigenvalue weighted by atomic mass is 16.1. The number of nitrogens with one attached hydrogen (secondary N) is 2. The summed E-state index contributed by atoms with van der Waals surface area (Å²) >= 11 is 0. The van der Waals surface area contributed by atoms with E-state index in [1.807, 2.05) is 0 Å². The van der Waals surface area contributed by atoms with Crippen molar-refractivity contribution >= 4 is 12.1 Å². The molecule has 1 aliphatic rings. The van der Waals surface area contributed by atoms with E-state index in [0.717, 1.165) is 32.3 Å². The Morgan fingerprint density at radius 1 is 1.50 bits per heavy atom.